The molecule has 0 aliphatic carbocycles. The Morgan fingerprint density at radius 2 is 1.88 bits per heavy atom. The molecule has 0 radical (unpaired) electrons. The molecule has 0 saturated heterocycles. The molecule has 17 heavy (non-hydrogen) atoms. The Bertz CT molecular complexity index is 546. The van der Waals surface area contributed by atoms with Crippen molar-refractivity contribution in [3.05, 3.63) is 47.5 Å². The second kappa shape index (κ2) is 4.97. The third-order valence-electron chi connectivity index (χ3n) is 2.73. The van der Waals surface area contributed by atoms with Crippen molar-refractivity contribution in [2.24, 2.45) is 0 Å². The Kier molecular flexibility index (Phi) is 3.40. The summed E-state index contributed by atoms with van der Waals surface area (Å²) >= 11 is 0. The molecule has 0 atom stereocenters. The lowest BCUT2D eigenvalue weighted by atomic mass is 9.99. The number of hydrogen-bond donors (Lipinski definition) is 0. The van der Waals surface area contributed by atoms with E-state index in [-0.39, 0.29) is 5.97 Å². The molecule has 2 rings (SSSR count). The maximum atomic E-state index is 11.7. The zero-order valence-corrected chi connectivity index (χ0v) is 9.90. The largest absolute Gasteiger partial charge is 0.465 e. The first-order chi connectivity index (χ1) is 8.27. The van der Waals surface area contributed by atoms with Gasteiger partial charge in [-0.05, 0) is 16.8 Å². The first kappa shape index (κ1) is 11.6. The zero-order valence-electron chi connectivity index (χ0n) is 9.90. The van der Waals surface area contributed by atoms with E-state index in [0.717, 1.165) is 16.3 Å². The Labute approximate surface area is 100.0 Å². The predicted molar refractivity (Wildman–Crippen MR) is 66.0 cm³/mol. The molecule has 0 aliphatic rings. The molecule has 2 aromatic carbocycles. The summed E-state index contributed by atoms with van der Waals surface area (Å²) in [5.74, 6) is -0.331. The van der Waals surface area contributed by atoms with Crippen LogP contribution < -0.4 is 0 Å². The van der Waals surface area contributed by atoms with Crippen molar-refractivity contribution >= 4 is 16.7 Å². The van der Waals surface area contributed by atoms with Crippen LogP contribution in [-0.2, 0) is 16.1 Å². The second-order valence-electron chi connectivity index (χ2n) is 3.74. The van der Waals surface area contributed by atoms with Crippen molar-refractivity contribution in [3.8, 4) is 0 Å². The summed E-state index contributed by atoms with van der Waals surface area (Å²) in [6.07, 6.45) is 0. The van der Waals surface area contributed by atoms with Crippen molar-refractivity contribution in [1.29, 1.82) is 0 Å². The van der Waals surface area contributed by atoms with Gasteiger partial charge in [0.1, 0.15) is 0 Å². The quantitative estimate of drug-likeness (QED) is 0.760. The van der Waals surface area contributed by atoms with E-state index in [9.17, 15) is 4.79 Å². The zero-order chi connectivity index (χ0) is 12.3. The number of fused-ring (bicyclic) bond motifs is 1. The third-order valence-corrected chi connectivity index (χ3v) is 2.73. The summed E-state index contributed by atoms with van der Waals surface area (Å²) in [5.41, 5.74) is 1.44. The molecule has 0 fully saturated rings. The molecular weight excluding hydrogens is 216 g/mol. The van der Waals surface area contributed by atoms with Crippen LogP contribution >= 0.6 is 0 Å². The Balaban J connectivity index is 2.68. The van der Waals surface area contributed by atoms with Crippen molar-refractivity contribution in [3.63, 3.8) is 0 Å². The Morgan fingerprint density at radius 1 is 1.12 bits per heavy atom. The molecule has 88 valence electrons. The van der Waals surface area contributed by atoms with Crippen LogP contribution in [0.15, 0.2) is 36.4 Å². The van der Waals surface area contributed by atoms with Gasteiger partial charge >= 0.3 is 5.97 Å². The number of benzene rings is 2. The minimum absolute atomic E-state index is 0.331. The molecule has 0 aliphatic heterocycles. The third kappa shape index (κ3) is 2.15. The van der Waals surface area contributed by atoms with E-state index in [1.165, 1.54) is 7.11 Å². The van der Waals surface area contributed by atoms with Crippen molar-refractivity contribution in [2.75, 3.05) is 14.2 Å². The molecule has 3 heteroatoms. The highest BCUT2D eigenvalue weighted by molar-refractivity contribution is 5.98. The summed E-state index contributed by atoms with van der Waals surface area (Å²) < 4.78 is 9.94. The van der Waals surface area contributed by atoms with Crippen molar-refractivity contribution < 1.29 is 14.3 Å². The molecule has 0 aromatic heterocycles. The molecule has 3 nitrogen and oxygen atoms in total. The topological polar surface area (TPSA) is 35.5 Å². The van der Waals surface area contributed by atoms with Gasteiger partial charge in [-0.2, -0.15) is 0 Å². The fraction of sp³-hybridized carbons (Fsp3) is 0.214. The lowest BCUT2D eigenvalue weighted by Crippen LogP contribution is -2.07. The van der Waals surface area contributed by atoms with E-state index in [0.29, 0.717) is 12.2 Å². The maximum absolute atomic E-state index is 11.7. The van der Waals surface area contributed by atoms with E-state index in [1.54, 1.807) is 13.2 Å². The van der Waals surface area contributed by atoms with Crippen molar-refractivity contribution in [1.82, 2.24) is 0 Å². The van der Waals surface area contributed by atoms with Gasteiger partial charge in [0, 0.05) is 12.7 Å². The van der Waals surface area contributed by atoms with Gasteiger partial charge in [-0.1, -0.05) is 30.3 Å². The highest BCUT2D eigenvalue weighted by Gasteiger charge is 2.14. The Morgan fingerprint density at radius 3 is 2.59 bits per heavy atom. The van der Waals surface area contributed by atoms with Crippen LogP contribution in [0, 0.1) is 0 Å². The van der Waals surface area contributed by atoms with Gasteiger partial charge in [0.05, 0.1) is 19.3 Å². The van der Waals surface area contributed by atoms with Crippen LogP contribution in [0.3, 0.4) is 0 Å². The van der Waals surface area contributed by atoms with Gasteiger partial charge in [0.25, 0.3) is 0 Å². The number of hydrogen-bond acceptors (Lipinski definition) is 3. The van der Waals surface area contributed by atoms with Gasteiger partial charge in [0.2, 0.25) is 0 Å². The van der Waals surface area contributed by atoms with E-state index in [1.807, 2.05) is 30.3 Å². The maximum Gasteiger partial charge on any atom is 0.338 e. The van der Waals surface area contributed by atoms with Crippen LogP contribution in [0.25, 0.3) is 10.8 Å². The minimum atomic E-state index is -0.331. The lowest BCUT2D eigenvalue weighted by Gasteiger charge is -2.10. The molecule has 0 spiro atoms. The monoisotopic (exact) mass is 230 g/mol. The molecule has 0 heterocycles. The van der Waals surface area contributed by atoms with Crippen molar-refractivity contribution in [2.45, 2.75) is 6.61 Å². The first-order valence-electron chi connectivity index (χ1n) is 5.36. The standard InChI is InChI=1S/C14H14O3/c1-16-9-13-11-6-4-3-5-10(11)7-8-12(13)14(15)17-2/h3-8H,9H2,1-2H3. The molecule has 0 N–H and O–H groups in total. The van der Waals surface area contributed by atoms with Gasteiger partial charge in [-0.25, -0.2) is 4.79 Å². The number of ether oxygens (including phenoxy) is 2. The number of rotatable bonds is 3. The fourth-order valence-electron chi connectivity index (χ4n) is 1.94. The fourth-order valence-corrected chi connectivity index (χ4v) is 1.94. The van der Waals surface area contributed by atoms with Gasteiger partial charge in [-0.15, -0.1) is 0 Å². The normalized spacial score (nSPS) is 10.5. The highest BCUT2D eigenvalue weighted by Crippen LogP contribution is 2.23. The van der Waals surface area contributed by atoms with E-state index in [4.69, 9.17) is 9.47 Å². The molecule has 0 bridgehead atoms. The van der Waals surface area contributed by atoms with E-state index >= 15 is 0 Å². The first-order valence-corrected chi connectivity index (χ1v) is 5.36. The molecule has 0 unspecified atom stereocenters. The average molecular weight is 230 g/mol. The molecule has 0 amide bonds. The summed E-state index contributed by atoms with van der Waals surface area (Å²) in [7, 11) is 3.00. The van der Waals surface area contributed by atoms with Crippen LogP contribution in [0.4, 0.5) is 0 Å². The summed E-state index contributed by atoms with van der Waals surface area (Å²) in [6, 6.07) is 11.6. The number of carbonyl (C=O) groups excluding carboxylic acids is 1. The number of esters is 1. The van der Waals surface area contributed by atoms with Gasteiger partial charge < -0.3 is 9.47 Å². The van der Waals surface area contributed by atoms with Crippen LogP contribution in [0.2, 0.25) is 0 Å². The average Bonchev–Trinajstić information content (AvgIpc) is 2.38. The second-order valence-corrected chi connectivity index (χ2v) is 3.74. The van der Waals surface area contributed by atoms with Gasteiger partial charge in [-0.3, -0.25) is 0 Å². The van der Waals surface area contributed by atoms with Crippen LogP contribution in [-0.4, -0.2) is 20.2 Å². The molecule has 2 aromatic rings. The minimum Gasteiger partial charge on any atom is -0.465 e. The molecule has 0 saturated carbocycles. The summed E-state index contributed by atoms with van der Waals surface area (Å²) in [4.78, 5) is 11.7. The highest BCUT2D eigenvalue weighted by atomic mass is 16.5. The Hall–Kier alpha value is -1.87. The number of carbonyl (C=O) groups is 1. The van der Waals surface area contributed by atoms with E-state index in [2.05, 4.69) is 0 Å². The predicted octanol–water partition coefficient (Wildman–Crippen LogP) is 2.77. The van der Waals surface area contributed by atoms with Crippen LogP contribution in [0.1, 0.15) is 15.9 Å². The SMILES string of the molecule is COCc1c(C(=O)OC)ccc2ccccc12. The smallest absolute Gasteiger partial charge is 0.338 e. The van der Waals surface area contributed by atoms with E-state index < -0.39 is 0 Å². The lowest BCUT2D eigenvalue weighted by molar-refractivity contribution is 0.0596. The van der Waals surface area contributed by atoms with Gasteiger partial charge in [0.15, 0.2) is 0 Å². The number of methoxy groups -OCH3 is 2. The summed E-state index contributed by atoms with van der Waals surface area (Å²) in [6.45, 7) is 0.395. The molecular formula is C14H14O3. The van der Waals surface area contributed by atoms with Crippen LogP contribution in [0.5, 0.6) is 0 Å². The summed E-state index contributed by atoms with van der Waals surface area (Å²) in [5, 5.41) is 2.12.